The van der Waals surface area contributed by atoms with Crippen LogP contribution < -0.4 is 0 Å². The van der Waals surface area contributed by atoms with E-state index in [0.29, 0.717) is 11.7 Å². The Morgan fingerprint density at radius 3 is 2.78 bits per heavy atom. The highest BCUT2D eigenvalue weighted by Crippen LogP contribution is 2.29. The van der Waals surface area contributed by atoms with Crippen LogP contribution in [0.5, 0.6) is 0 Å². The predicted octanol–water partition coefficient (Wildman–Crippen LogP) is 3.72. The van der Waals surface area contributed by atoms with Crippen LogP contribution >= 0.6 is 23.1 Å². The third-order valence-electron chi connectivity index (χ3n) is 6.56. The van der Waals surface area contributed by atoms with Gasteiger partial charge in [0.2, 0.25) is 0 Å². The summed E-state index contributed by atoms with van der Waals surface area (Å²) >= 11 is 3.64. The second kappa shape index (κ2) is 9.37. The maximum atomic E-state index is 13.2. The molecule has 1 amide bonds. The largest absolute Gasteiger partial charge is 0.336 e. The Kier molecular flexibility index (Phi) is 6.35. The number of likely N-dealkylation sites (N-methyl/N-ethyl adjacent to an activating group) is 1. The van der Waals surface area contributed by atoms with Gasteiger partial charge in [-0.1, -0.05) is 30.3 Å². The molecule has 1 fully saturated rings. The number of hydrogen-bond acceptors (Lipinski definition) is 6. The Balaban J connectivity index is 1.29. The fourth-order valence-electron chi connectivity index (χ4n) is 4.70. The lowest BCUT2D eigenvalue weighted by atomic mass is 9.90. The van der Waals surface area contributed by atoms with Crippen molar-refractivity contribution in [1.29, 1.82) is 0 Å². The second-order valence-corrected chi connectivity index (χ2v) is 10.8. The molecule has 0 N–H and O–H groups in total. The minimum Gasteiger partial charge on any atom is -0.336 e. The van der Waals surface area contributed by atoms with E-state index in [1.165, 1.54) is 5.69 Å². The Morgan fingerprint density at radius 2 is 2.00 bits per heavy atom. The van der Waals surface area contributed by atoms with Crippen LogP contribution in [0.4, 0.5) is 0 Å². The van der Waals surface area contributed by atoms with E-state index in [9.17, 15) is 4.79 Å². The van der Waals surface area contributed by atoms with Gasteiger partial charge < -0.3 is 4.90 Å². The zero-order valence-electron chi connectivity index (χ0n) is 18.7. The molecule has 3 heterocycles. The maximum absolute atomic E-state index is 13.2. The number of rotatable bonds is 5. The highest BCUT2D eigenvalue weighted by atomic mass is 32.2. The second-order valence-electron chi connectivity index (χ2n) is 8.61. The number of nitrogens with zero attached hydrogens (tertiary/aromatic N) is 5. The zero-order valence-corrected chi connectivity index (χ0v) is 20.3. The topological polar surface area (TPSA) is 54.3 Å². The molecule has 0 radical (unpaired) electrons. The molecule has 1 aliphatic heterocycles. The van der Waals surface area contributed by atoms with Crippen molar-refractivity contribution in [2.45, 2.75) is 31.8 Å². The van der Waals surface area contributed by atoms with Crippen LogP contribution in [-0.2, 0) is 26.4 Å². The summed E-state index contributed by atoms with van der Waals surface area (Å²) in [5.74, 6) is 2.15. The summed E-state index contributed by atoms with van der Waals surface area (Å²) in [5.41, 5.74) is 5.26. The molecule has 32 heavy (non-hydrogen) atoms. The van der Waals surface area contributed by atoms with Gasteiger partial charge in [0, 0.05) is 59.9 Å². The summed E-state index contributed by atoms with van der Waals surface area (Å²) in [4.78, 5) is 22.5. The molecule has 1 aromatic carbocycles. The third-order valence-corrected chi connectivity index (χ3v) is 8.34. The maximum Gasteiger partial charge on any atom is 0.274 e. The van der Waals surface area contributed by atoms with Gasteiger partial charge in [0.25, 0.3) is 5.91 Å². The molecule has 1 atom stereocenters. The van der Waals surface area contributed by atoms with Gasteiger partial charge in [0.15, 0.2) is 5.69 Å². The van der Waals surface area contributed by atoms with Crippen LogP contribution in [0.1, 0.15) is 33.2 Å². The number of aryl methyl sites for hydroxylation is 1. The molecular formula is C24H29N5OS2. The molecule has 6 nitrogen and oxygen atoms in total. The number of hydrogen-bond donors (Lipinski definition) is 0. The SMILES string of the molecule is CN(Cc1nc(-c2ccccc2)cs1)C1CCc2c(c(C(=O)N3CCSCC3)nn2C)C1. The lowest BCUT2D eigenvalue weighted by molar-refractivity contribution is 0.0763. The molecule has 1 aliphatic carbocycles. The van der Waals surface area contributed by atoms with Crippen molar-refractivity contribution in [3.8, 4) is 11.3 Å². The molecule has 0 saturated carbocycles. The van der Waals surface area contributed by atoms with Crippen molar-refractivity contribution in [3.63, 3.8) is 0 Å². The first-order valence-electron chi connectivity index (χ1n) is 11.2. The first kappa shape index (κ1) is 21.7. The zero-order chi connectivity index (χ0) is 22.1. The van der Waals surface area contributed by atoms with Gasteiger partial charge in [-0.05, 0) is 26.3 Å². The molecule has 2 aliphatic rings. The smallest absolute Gasteiger partial charge is 0.274 e. The highest BCUT2D eigenvalue weighted by molar-refractivity contribution is 7.99. The first-order valence-corrected chi connectivity index (χ1v) is 13.3. The Hall–Kier alpha value is -2.16. The van der Waals surface area contributed by atoms with Crippen molar-refractivity contribution < 1.29 is 4.79 Å². The predicted molar refractivity (Wildman–Crippen MR) is 131 cm³/mol. The van der Waals surface area contributed by atoms with E-state index in [1.807, 2.05) is 34.5 Å². The average Bonchev–Trinajstić information content (AvgIpc) is 3.44. The number of thioether (sulfide) groups is 1. The van der Waals surface area contributed by atoms with Gasteiger partial charge in [0.1, 0.15) is 5.01 Å². The fraction of sp³-hybridized carbons (Fsp3) is 0.458. The van der Waals surface area contributed by atoms with E-state index in [2.05, 4.69) is 46.7 Å². The fourth-order valence-corrected chi connectivity index (χ4v) is 6.47. The van der Waals surface area contributed by atoms with Crippen molar-refractivity contribution >= 4 is 29.0 Å². The third kappa shape index (κ3) is 4.36. The molecule has 2 aromatic heterocycles. The number of aromatic nitrogens is 3. The molecule has 168 valence electrons. The summed E-state index contributed by atoms with van der Waals surface area (Å²) in [6.07, 6.45) is 2.91. The van der Waals surface area contributed by atoms with Crippen molar-refractivity contribution in [2.75, 3.05) is 31.6 Å². The van der Waals surface area contributed by atoms with E-state index >= 15 is 0 Å². The summed E-state index contributed by atoms with van der Waals surface area (Å²) < 4.78 is 1.93. The molecule has 0 bridgehead atoms. The Morgan fingerprint density at radius 1 is 1.22 bits per heavy atom. The van der Waals surface area contributed by atoms with Crippen LogP contribution in [0, 0.1) is 0 Å². The normalized spacial score (nSPS) is 18.7. The quantitative estimate of drug-likeness (QED) is 0.572. The van der Waals surface area contributed by atoms with Gasteiger partial charge in [-0.15, -0.1) is 11.3 Å². The Bertz CT molecular complexity index is 1090. The number of amides is 1. The van der Waals surface area contributed by atoms with Crippen LogP contribution in [-0.4, -0.2) is 68.2 Å². The van der Waals surface area contributed by atoms with Gasteiger partial charge >= 0.3 is 0 Å². The summed E-state index contributed by atoms with van der Waals surface area (Å²) in [6, 6.07) is 10.7. The summed E-state index contributed by atoms with van der Waals surface area (Å²) in [7, 11) is 4.16. The number of carbonyl (C=O) groups is 1. The van der Waals surface area contributed by atoms with E-state index in [1.54, 1.807) is 11.3 Å². The van der Waals surface area contributed by atoms with Crippen LogP contribution in [0.15, 0.2) is 35.7 Å². The molecule has 5 rings (SSSR count). The molecular weight excluding hydrogens is 438 g/mol. The highest BCUT2D eigenvalue weighted by Gasteiger charge is 2.32. The van der Waals surface area contributed by atoms with Gasteiger partial charge in [-0.25, -0.2) is 4.98 Å². The molecule has 3 aromatic rings. The van der Waals surface area contributed by atoms with Crippen molar-refractivity contribution in [1.82, 2.24) is 24.6 Å². The number of benzene rings is 1. The molecule has 1 unspecified atom stereocenters. The monoisotopic (exact) mass is 467 g/mol. The van der Waals surface area contributed by atoms with Crippen LogP contribution in [0.2, 0.25) is 0 Å². The van der Waals surface area contributed by atoms with Gasteiger partial charge in [0.05, 0.1) is 12.2 Å². The van der Waals surface area contributed by atoms with Gasteiger partial charge in [-0.2, -0.15) is 16.9 Å². The number of carbonyl (C=O) groups excluding carboxylic acids is 1. The first-order chi connectivity index (χ1) is 15.6. The van der Waals surface area contributed by atoms with E-state index < -0.39 is 0 Å². The average molecular weight is 468 g/mol. The van der Waals surface area contributed by atoms with Gasteiger partial charge in [-0.3, -0.25) is 14.4 Å². The molecule has 8 heteroatoms. The number of fused-ring (bicyclic) bond motifs is 1. The van der Waals surface area contributed by atoms with E-state index in [-0.39, 0.29) is 5.91 Å². The molecule has 0 spiro atoms. The van der Waals surface area contributed by atoms with E-state index in [0.717, 1.165) is 72.2 Å². The summed E-state index contributed by atoms with van der Waals surface area (Å²) in [6.45, 7) is 2.47. The minimum absolute atomic E-state index is 0.109. The molecule has 1 saturated heterocycles. The Labute approximate surface area is 197 Å². The minimum atomic E-state index is 0.109. The van der Waals surface area contributed by atoms with E-state index in [4.69, 9.17) is 4.98 Å². The standard InChI is InChI=1S/C24H29N5OS2/c1-27(15-22-25-20(16-32-22)17-6-4-3-5-7-17)18-8-9-21-19(14-18)23(26-28(21)2)24(30)29-10-12-31-13-11-29/h3-7,16,18H,8-15H2,1-2H3. The number of thiazole rings is 1. The van der Waals surface area contributed by atoms with Crippen LogP contribution in [0.25, 0.3) is 11.3 Å². The van der Waals surface area contributed by atoms with Crippen LogP contribution in [0.3, 0.4) is 0 Å². The van der Waals surface area contributed by atoms with Crippen molar-refractivity contribution in [2.24, 2.45) is 7.05 Å². The lowest BCUT2D eigenvalue weighted by Gasteiger charge is -2.31. The lowest BCUT2D eigenvalue weighted by Crippen LogP contribution is -2.40. The summed E-state index contributed by atoms with van der Waals surface area (Å²) in [5, 5.41) is 7.95. The van der Waals surface area contributed by atoms with Crippen molar-refractivity contribution in [3.05, 3.63) is 57.7 Å².